The fraction of sp³-hybridized carbons (Fsp3) is 0.800. The van der Waals surface area contributed by atoms with Crippen molar-refractivity contribution in [1.29, 1.82) is 0 Å². The van der Waals surface area contributed by atoms with Crippen LogP contribution in [0.1, 0.15) is 19.3 Å². The van der Waals surface area contributed by atoms with E-state index in [1.54, 1.807) is 18.9 Å². The molecular weight excluding hydrogens is 230 g/mol. The van der Waals surface area contributed by atoms with Crippen LogP contribution >= 0.6 is 11.8 Å². The van der Waals surface area contributed by atoms with Crippen LogP contribution in [0.2, 0.25) is 0 Å². The molecule has 5 nitrogen and oxygen atoms in total. The standard InChI is InChI=1S/C10H17NO4S/c1-15-5-2-3-8(12)11-10(9(13)14)4-6-16-7-10/h2-7H2,1H3,(H,11,12)(H,13,14). The summed E-state index contributed by atoms with van der Waals surface area (Å²) in [6.07, 6.45) is 1.43. The van der Waals surface area contributed by atoms with Gasteiger partial charge in [-0.3, -0.25) is 4.79 Å². The lowest BCUT2D eigenvalue weighted by molar-refractivity contribution is -0.146. The quantitative estimate of drug-likeness (QED) is 0.668. The molecule has 1 aliphatic rings. The van der Waals surface area contributed by atoms with E-state index in [4.69, 9.17) is 9.84 Å². The molecule has 1 unspecified atom stereocenters. The summed E-state index contributed by atoms with van der Waals surface area (Å²) in [5.74, 6) is 0.0998. The number of aliphatic carboxylic acids is 1. The lowest BCUT2D eigenvalue weighted by atomic mass is 9.99. The molecule has 1 rings (SSSR count). The van der Waals surface area contributed by atoms with E-state index >= 15 is 0 Å². The highest BCUT2D eigenvalue weighted by molar-refractivity contribution is 7.99. The first-order chi connectivity index (χ1) is 7.60. The molecule has 1 heterocycles. The Hall–Kier alpha value is -0.750. The Morgan fingerprint density at radius 3 is 2.81 bits per heavy atom. The molecule has 1 atom stereocenters. The molecule has 0 radical (unpaired) electrons. The van der Waals surface area contributed by atoms with Gasteiger partial charge in [0.2, 0.25) is 5.91 Å². The minimum Gasteiger partial charge on any atom is -0.479 e. The summed E-state index contributed by atoms with van der Waals surface area (Å²) >= 11 is 1.56. The third-order valence-electron chi connectivity index (χ3n) is 2.56. The summed E-state index contributed by atoms with van der Waals surface area (Å²) in [7, 11) is 1.57. The molecule has 0 aliphatic carbocycles. The molecule has 1 aliphatic heterocycles. The van der Waals surface area contributed by atoms with Crippen molar-refractivity contribution in [3.8, 4) is 0 Å². The van der Waals surface area contributed by atoms with Crippen LogP contribution < -0.4 is 5.32 Å². The second-order valence-corrected chi connectivity index (χ2v) is 4.94. The zero-order valence-corrected chi connectivity index (χ0v) is 10.1. The average Bonchev–Trinajstić information content (AvgIpc) is 2.68. The first-order valence-corrected chi connectivity index (χ1v) is 6.37. The molecule has 0 spiro atoms. The zero-order chi connectivity index (χ0) is 12.0. The van der Waals surface area contributed by atoms with Crippen LogP contribution in [0, 0.1) is 0 Å². The number of thioether (sulfide) groups is 1. The third kappa shape index (κ3) is 3.38. The number of hydrogen-bond acceptors (Lipinski definition) is 4. The Morgan fingerprint density at radius 1 is 1.56 bits per heavy atom. The summed E-state index contributed by atoms with van der Waals surface area (Å²) in [5.41, 5.74) is -1.05. The Morgan fingerprint density at radius 2 is 2.31 bits per heavy atom. The van der Waals surface area contributed by atoms with E-state index in [1.165, 1.54) is 0 Å². The lowest BCUT2D eigenvalue weighted by Crippen LogP contribution is -2.54. The molecule has 0 bridgehead atoms. The molecular formula is C10H17NO4S. The summed E-state index contributed by atoms with van der Waals surface area (Å²) in [6, 6.07) is 0. The first kappa shape index (κ1) is 13.3. The van der Waals surface area contributed by atoms with Crippen molar-refractivity contribution < 1.29 is 19.4 Å². The normalized spacial score (nSPS) is 24.3. The molecule has 0 aromatic rings. The minimum atomic E-state index is -1.05. The highest BCUT2D eigenvalue weighted by Gasteiger charge is 2.42. The number of carboxylic acids is 1. The van der Waals surface area contributed by atoms with Crippen molar-refractivity contribution in [2.45, 2.75) is 24.8 Å². The maximum absolute atomic E-state index is 11.5. The largest absolute Gasteiger partial charge is 0.479 e. The van der Waals surface area contributed by atoms with Crippen molar-refractivity contribution in [1.82, 2.24) is 5.32 Å². The van der Waals surface area contributed by atoms with Gasteiger partial charge in [0, 0.05) is 25.9 Å². The molecule has 1 saturated heterocycles. The predicted octanol–water partition coefficient (Wildman–Crippen LogP) is 0.489. The molecule has 6 heteroatoms. The van der Waals surface area contributed by atoms with Crippen LogP contribution in [0.25, 0.3) is 0 Å². The lowest BCUT2D eigenvalue weighted by Gasteiger charge is -2.24. The maximum atomic E-state index is 11.5. The van der Waals surface area contributed by atoms with E-state index in [0.717, 1.165) is 5.75 Å². The Labute approximate surface area is 98.9 Å². The smallest absolute Gasteiger partial charge is 0.330 e. The Kier molecular flexibility index (Phi) is 5.08. The molecule has 0 saturated carbocycles. The number of amides is 1. The Balaban J connectivity index is 2.43. The fourth-order valence-electron chi connectivity index (χ4n) is 1.59. The highest BCUT2D eigenvalue weighted by atomic mass is 32.2. The van der Waals surface area contributed by atoms with E-state index in [2.05, 4.69) is 5.32 Å². The molecule has 1 fully saturated rings. The summed E-state index contributed by atoms with van der Waals surface area (Å²) in [5, 5.41) is 11.8. The number of nitrogens with one attached hydrogen (secondary N) is 1. The van der Waals surface area contributed by atoms with Crippen molar-refractivity contribution in [2.24, 2.45) is 0 Å². The third-order valence-corrected chi connectivity index (χ3v) is 3.75. The van der Waals surface area contributed by atoms with Gasteiger partial charge < -0.3 is 15.2 Å². The van der Waals surface area contributed by atoms with E-state index in [9.17, 15) is 9.59 Å². The zero-order valence-electron chi connectivity index (χ0n) is 9.32. The van der Waals surface area contributed by atoms with Crippen molar-refractivity contribution in [3.63, 3.8) is 0 Å². The maximum Gasteiger partial charge on any atom is 0.330 e. The van der Waals surface area contributed by atoms with Gasteiger partial charge in [0.15, 0.2) is 0 Å². The topological polar surface area (TPSA) is 75.6 Å². The van der Waals surface area contributed by atoms with Crippen LogP contribution in [0.3, 0.4) is 0 Å². The van der Waals surface area contributed by atoms with E-state index in [0.29, 0.717) is 31.6 Å². The van der Waals surface area contributed by atoms with E-state index in [-0.39, 0.29) is 5.91 Å². The molecule has 16 heavy (non-hydrogen) atoms. The Bertz CT molecular complexity index is 264. The van der Waals surface area contributed by atoms with Gasteiger partial charge in [-0.05, 0) is 18.6 Å². The second-order valence-electron chi connectivity index (χ2n) is 3.83. The average molecular weight is 247 g/mol. The van der Waals surface area contributed by atoms with Gasteiger partial charge in [-0.25, -0.2) is 4.79 Å². The van der Waals surface area contributed by atoms with Gasteiger partial charge in [0.25, 0.3) is 0 Å². The van der Waals surface area contributed by atoms with Gasteiger partial charge in [0.1, 0.15) is 5.54 Å². The van der Waals surface area contributed by atoms with Gasteiger partial charge in [-0.15, -0.1) is 0 Å². The number of methoxy groups -OCH3 is 1. The molecule has 92 valence electrons. The summed E-state index contributed by atoms with van der Waals surface area (Å²) in [6.45, 7) is 0.516. The van der Waals surface area contributed by atoms with Crippen LogP contribution in [0.4, 0.5) is 0 Å². The van der Waals surface area contributed by atoms with Crippen LogP contribution in [-0.2, 0) is 14.3 Å². The van der Waals surface area contributed by atoms with Crippen molar-refractivity contribution in [3.05, 3.63) is 0 Å². The molecule has 2 N–H and O–H groups in total. The van der Waals surface area contributed by atoms with Crippen molar-refractivity contribution >= 4 is 23.6 Å². The van der Waals surface area contributed by atoms with E-state index < -0.39 is 11.5 Å². The first-order valence-electron chi connectivity index (χ1n) is 5.22. The number of carboxylic acid groups (broad SMARTS) is 1. The summed E-state index contributed by atoms with van der Waals surface area (Å²) in [4.78, 5) is 22.7. The minimum absolute atomic E-state index is 0.207. The predicted molar refractivity (Wildman–Crippen MR) is 61.6 cm³/mol. The number of carbonyl (C=O) groups excluding carboxylic acids is 1. The molecule has 1 amide bonds. The fourth-order valence-corrected chi connectivity index (χ4v) is 2.92. The van der Waals surface area contributed by atoms with Crippen LogP contribution in [0.15, 0.2) is 0 Å². The highest BCUT2D eigenvalue weighted by Crippen LogP contribution is 2.28. The monoisotopic (exact) mass is 247 g/mol. The second kappa shape index (κ2) is 6.10. The van der Waals surface area contributed by atoms with Gasteiger partial charge in [-0.1, -0.05) is 0 Å². The van der Waals surface area contributed by atoms with Gasteiger partial charge in [-0.2, -0.15) is 11.8 Å². The number of rotatable bonds is 6. The van der Waals surface area contributed by atoms with E-state index in [1.807, 2.05) is 0 Å². The van der Waals surface area contributed by atoms with Gasteiger partial charge >= 0.3 is 5.97 Å². The van der Waals surface area contributed by atoms with Crippen LogP contribution in [0.5, 0.6) is 0 Å². The molecule has 0 aromatic heterocycles. The number of hydrogen-bond donors (Lipinski definition) is 2. The molecule has 0 aromatic carbocycles. The summed E-state index contributed by atoms with van der Waals surface area (Å²) < 4.78 is 4.83. The number of ether oxygens (including phenoxy) is 1. The van der Waals surface area contributed by atoms with Crippen LogP contribution in [-0.4, -0.2) is 47.7 Å². The van der Waals surface area contributed by atoms with Gasteiger partial charge in [0.05, 0.1) is 0 Å². The van der Waals surface area contributed by atoms with Crippen molar-refractivity contribution in [2.75, 3.05) is 25.2 Å². The SMILES string of the molecule is COCCCC(=O)NC1(C(=O)O)CCSC1. The number of carbonyl (C=O) groups is 2.